The number of amides is 1. The van der Waals surface area contributed by atoms with Crippen LogP contribution in [0.25, 0.3) is 0 Å². The van der Waals surface area contributed by atoms with Crippen molar-refractivity contribution in [2.24, 2.45) is 29.6 Å². The first kappa shape index (κ1) is 22.9. The van der Waals surface area contributed by atoms with Crippen molar-refractivity contribution < 1.29 is 14.3 Å². The first-order valence-corrected chi connectivity index (χ1v) is 13.8. The zero-order valence-corrected chi connectivity index (χ0v) is 20.6. The Kier molecular flexibility index (Phi) is 6.67. The third-order valence-corrected chi connectivity index (χ3v) is 9.19. The van der Waals surface area contributed by atoms with Crippen LogP contribution in [-0.4, -0.2) is 29.6 Å². The molecule has 4 saturated carbocycles. The molecule has 0 spiro atoms. The number of nitrogens with zero attached hydrogens (tertiary/aromatic N) is 1. The molecule has 5 atom stereocenters. The quantitative estimate of drug-likeness (QED) is 0.531. The topological polar surface area (TPSA) is 60.5 Å². The monoisotopic (exact) mass is 474 g/mol. The molecule has 1 N–H and O–H groups in total. The van der Waals surface area contributed by atoms with E-state index in [-0.39, 0.29) is 12.0 Å². The summed E-state index contributed by atoms with van der Waals surface area (Å²) in [7, 11) is 0. The van der Waals surface area contributed by atoms with Crippen molar-refractivity contribution in [2.45, 2.75) is 76.4 Å². The first-order valence-electron chi connectivity index (χ1n) is 13.8. The van der Waals surface area contributed by atoms with Crippen LogP contribution in [0.2, 0.25) is 0 Å². The van der Waals surface area contributed by atoms with Crippen molar-refractivity contribution in [3.05, 3.63) is 54.2 Å². The number of nitrogens with one attached hydrogen (secondary N) is 1. The second-order valence-corrected chi connectivity index (χ2v) is 11.5. The summed E-state index contributed by atoms with van der Waals surface area (Å²) < 4.78 is 12.1. The molecule has 1 aromatic heterocycles. The molecule has 5 nitrogen and oxygen atoms in total. The number of ether oxygens (including phenoxy) is 2. The van der Waals surface area contributed by atoms with Gasteiger partial charge in [-0.25, -0.2) is 4.98 Å². The number of hydrogen-bond acceptors (Lipinski definition) is 4. The van der Waals surface area contributed by atoms with E-state index in [0.717, 1.165) is 67.8 Å². The van der Waals surface area contributed by atoms with Crippen LogP contribution in [0.5, 0.6) is 11.6 Å². The Labute approximate surface area is 209 Å². The molecule has 4 fully saturated rings. The van der Waals surface area contributed by atoms with Crippen molar-refractivity contribution in [3.63, 3.8) is 0 Å². The van der Waals surface area contributed by atoms with Crippen molar-refractivity contribution >= 4 is 5.91 Å². The molecule has 35 heavy (non-hydrogen) atoms. The summed E-state index contributed by atoms with van der Waals surface area (Å²) in [5.74, 6) is 5.57. The van der Waals surface area contributed by atoms with E-state index in [0.29, 0.717) is 23.8 Å². The maximum atomic E-state index is 13.0. The van der Waals surface area contributed by atoms with E-state index in [1.165, 1.54) is 32.1 Å². The van der Waals surface area contributed by atoms with Gasteiger partial charge in [-0.1, -0.05) is 6.07 Å². The van der Waals surface area contributed by atoms with Crippen molar-refractivity contribution in [1.29, 1.82) is 0 Å². The molecule has 0 saturated heterocycles. The van der Waals surface area contributed by atoms with E-state index < -0.39 is 0 Å². The number of hydrogen-bond donors (Lipinski definition) is 1. The second-order valence-electron chi connectivity index (χ2n) is 11.5. The van der Waals surface area contributed by atoms with E-state index in [9.17, 15) is 4.79 Å². The number of pyridine rings is 1. The van der Waals surface area contributed by atoms with E-state index in [1.54, 1.807) is 6.20 Å². The number of carbonyl (C=O) groups excluding carboxylic acids is 1. The summed E-state index contributed by atoms with van der Waals surface area (Å²) in [6, 6.07) is 13.9. The molecule has 0 radical (unpaired) electrons. The van der Waals surface area contributed by atoms with Crippen LogP contribution >= 0.6 is 0 Å². The minimum Gasteiger partial charge on any atom is -0.490 e. The minimum absolute atomic E-state index is 0.0798. The third-order valence-electron chi connectivity index (χ3n) is 9.19. The summed E-state index contributed by atoms with van der Waals surface area (Å²) in [5.41, 5.74) is 0.747. The summed E-state index contributed by atoms with van der Waals surface area (Å²) >= 11 is 0. The molecule has 2 aromatic rings. The van der Waals surface area contributed by atoms with Gasteiger partial charge in [0.1, 0.15) is 5.75 Å². The van der Waals surface area contributed by atoms with Gasteiger partial charge in [0.2, 0.25) is 5.88 Å². The summed E-state index contributed by atoms with van der Waals surface area (Å²) in [5, 5.41) is 3.42. The maximum Gasteiger partial charge on any atom is 0.251 e. The van der Waals surface area contributed by atoms with Crippen LogP contribution in [0.3, 0.4) is 0 Å². The van der Waals surface area contributed by atoms with Gasteiger partial charge in [-0.2, -0.15) is 0 Å². The zero-order chi connectivity index (χ0) is 23.6. The lowest BCUT2D eigenvalue weighted by molar-refractivity contribution is 0.0912. The Morgan fingerprint density at radius 3 is 2.51 bits per heavy atom. The van der Waals surface area contributed by atoms with E-state index in [1.807, 2.05) is 42.5 Å². The van der Waals surface area contributed by atoms with Gasteiger partial charge in [-0.05, 0) is 124 Å². The Balaban J connectivity index is 0.967. The van der Waals surface area contributed by atoms with Crippen LogP contribution in [0, 0.1) is 29.6 Å². The van der Waals surface area contributed by atoms with Crippen molar-refractivity contribution in [3.8, 4) is 11.6 Å². The fourth-order valence-corrected chi connectivity index (χ4v) is 7.45. The summed E-state index contributed by atoms with van der Waals surface area (Å²) in [6.07, 6.45) is 14.3. The smallest absolute Gasteiger partial charge is 0.251 e. The van der Waals surface area contributed by atoms with Crippen molar-refractivity contribution in [1.82, 2.24) is 10.3 Å². The molecule has 6 rings (SSSR count). The van der Waals surface area contributed by atoms with Gasteiger partial charge < -0.3 is 14.8 Å². The summed E-state index contributed by atoms with van der Waals surface area (Å²) in [4.78, 5) is 17.3. The number of aromatic nitrogens is 1. The molecular weight excluding hydrogens is 436 g/mol. The second kappa shape index (κ2) is 10.2. The Hall–Kier alpha value is -2.56. The van der Waals surface area contributed by atoms with Crippen LogP contribution in [0.4, 0.5) is 0 Å². The minimum atomic E-state index is 0.0798. The van der Waals surface area contributed by atoms with Gasteiger partial charge in [-0.3, -0.25) is 4.79 Å². The fourth-order valence-electron chi connectivity index (χ4n) is 7.45. The molecule has 4 aliphatic rings. The average Bonchev–Trinajstić information content (AvgIpc) is 3.14. The zero-order valence-electron chi connectivity index (χ0n) is 20.6. The molecule has 5 heteroatoms. The van der Waals surface area contributed by atoms with Crippen LogP contribution < -0.4 is 14.8 Å². The van der Waals surface area contributed by atoms with E-state index >= 15 is 0 Å². The highest BCUT2D eigenvalue weighted by molar-refractivity contribution is 5.94. The van der Waals surface area contributed by atoms with Gasteiger partial charge in [0, 0.05) is 23.9 Å². The molecule has 1 aromatic carbocycles. The maximum absolute atomic E-state index is 13.0. The van der Waals surface area contributed by atoms with Gasteiger partial charge in [0.15, 0.2) is 0 Å². The van der Waals surface area contributed by atoms with Gasteiger partial charge in [0.25, 0.3) is 5.91 Å². The molecule has 3 bridgehead atoms. The Morgan fingerprint density at radius 1 is 0.886 bits per heavy atom. The molecular formula is C30H38N2O3. The molecule has 5 unspecified atom stereocenters. The van der Waals surface area contributed by atoms with Gasteiger partial charge >= 0.3 is 0 Å². The number of fused-ring (bicyclic) bond motifs is 2. The Morgan fingerprint density at radius 2 is 1.71 bits per heavy atom. The first-order chi connectivity index (χ1) is 17.2. The standard InChI is InChI=1S/C30H38N2O3/c33-30(32-28-13-6-21-15-22-17-24(16-21)27(28)18-22)23-7-11-26(12-8-23)35-25-9-4-20(5-10-25)19-34-29-3-1-2-14-31-29/h1-3,7-8,11-12,14,20-22,24-25,27-28H,4-6,9-10,13,15-19H2,(H,32,33). The van der Waals surface area contributed by atoms with E-state index in [4.69, 9.17) is 9.47 Å². The van der Waals surface area contributed by atoms with Crippen LogP contribution in [0.1, 0.15) is 74.6 Å². The van der Waals surface area contributed by atoms with E-state index in [2.05, 4.69) is 10.3 Å². The highest BCUT2D eigenvalue weighted by Gasteiger charge is 2.46. The lowest BCUT2D eigenvalue weighted by Gasteiger charge is -2.29. The predicted molar refractivity (Wildman–Crippen MR) is 135 cm³/mol. The molecule has 1 heterocycles. The largest absolute Gasteiger partial charge is 0.490 e. The molecule has 4 aliphatic carbocycles. The van der Waals surface area contributed by atoms with Crippen LogP contribution in [-0.2, 0) is 0 Å². The molecule has 186 valence electrons. The SMILES string of the molecule is O=C(NC1CCC2CC3CC(C2)C1C3)c1ccc(OC2CCC(COc3ccccn3)CC2)cc1. The van der Waals surface area contributed by atoms with Gasteiger partial charge in [-0.15, -0.1) is 0 Å². The molecule has 1 amide bonds. The predicted octanol–water partition coefficient (Wildman–Crippen LogP) is 6.04. The number of benzene rings is 1. The van der Waals surface area contributed by atoms with Crippen LogP contribution in [0.15, 0.2) is 48.7 Å². The lowest BCUT2D eigenvalue weighted by Crippen LogP contribution is -2.41. The average molecular weight is 475 g/mol. The van der Waals surface area contributed by atoms with Crippen molar-refractivity contribution in [2.75, 3.05) is 6.61 Å². The fraction of sp³-hybridized carbons (Fsp3) is 0.600. The molecule has 0 aliphatic heterocycles. The Bertz CT molecular complexity index is 986. The highest BCUT2D eigenvalue weighted by Crippen LogP contribution is 2.53. The summed E-state index contributed by atoms with van der Waals surface area (Å²) in [6.45, 7) is 0.720. The normalized spacial score (nSPS) is 33.7. The lowest BCUT2D eigenvalue weighted by atomic mass is 9.80. The van der Waals surface area contributed by atoms with Gasteiger partial charge in [0.05, 0.1) is 12.7 Å². The number of carbonyl (C=O) groups is 1. The highest BCUT2D eigenvalue weighted by atomic mass is 16.5. The number of rotatable bonds is 7. The third kappa shape index (κ3) is 5.34.